The number of hydrogen-bond acceptors (Lipinski definition) is 5. The fourth-order valence-corrected chi connectivity index (χ4v) is 2.53. The summed E-state index contributed by atoms with van der Waals surface area (Å²) in [6, 6.07) is 0.283. The highest BCUT2D eigenvalue weighted by atomic mass is 15.0. The summed E-state index contributed by atoms with van der Waals surface area (Å²) in [4.78, 5) is 15.8. The highest BCUT2D eigenvalue weighted by Gasteiger charge is 2.23. The van der Waals surface area contributed by atoms with Crippen LogP contribution >= 0.6 is 0 Å². The van der Waals surface area contributed by atoms with Crippen LogP contribution in [-0.2, 0) is 0 Å². The summed E-state index contributed by atoms with van der Waals surface area (Å²) < 4.78 is 0. The standard InChI is InChI=1S/C11H16N6/c12-7-3-1-2-6(4-7)10-16-8-9(13)14-5-15-11(8)17-10/h5-7H,1-4,12H2,(H3,13,14,15,16,17). The lowest BCUT2D eigenvalue weighted by molar-refractivity contribution is 0.384. The minimum absolute atomic E-state index is 0.283. The van der Waals surface area contributed by atoms with Gasteiger partial charge in [-0.2, -0.15) is 0 Å². The topological polar surface area (TPSA) is 106 Å². The van der Waals surface area contributed by atoms with E-state index in [0.29, 0.717) is 17.4 Å². The number of rotatable bonds is 1. The van der Waals surface area contributed by atoms with Crippen molar-refractivity contribution in [3.8, 4) is 0 Å². The van der Waals surface area contributed by atoms with Gasteiger partial charge in [0.05, 0.1) is 0 Å². The van der Waals surface area contributed by atoms with E-state index < -0.39 is 0 Å². The van der Waals surface area contributed by atoms with Crippen molar-refractivity contribution in [2.45, 2.75) is 37.6 Å². The van der Waals surface area contributed by atoms with Crippen LogP contribution in [0.3, 0.4) is 0 Å². The predicted molar refractivity (Wildman–Crippen MR) is 65.3 cm³/mol. The van der Waals surface area contributed by atoms with Crippen LogP contribution in [0.2, 0.25) is 0 Å². The zero-order valence-electron chi connectivity index (χ0n) is 9.56. The number of hydrogen-bond donors (Lipinski definition) is 3. The minimum atomic E-state index is 0.283. The first-order valence-corrected chi connectivity index (χ1v) is 5.95. The first-order chi connectivity index (χ1) is 8.24. The monoisotopic (exact) mass is 232 g/mol. The first kappa shape index (κ1) is 10.5. The van der Waals surface area contributed by atoms with Crippen LogP contribution < -0.4 is 11.5 Å². The highest BCUT2D eigenvalue weighted by molar-refractivity contribution is 5.81. The predicted octanol–water partition coefficient (Wildman–Crippen LogP) is 0.920. The summed E-state index contributed by atoms with van der Waals surface area (Å²) in [5.41, 5.74) is 13.2. The number of fused-ring (bicyclic) bond motifs is 1. The molecule has 1 aliphatic rings. The number of nitrogens with one attached hydrogen (secondary N) is 1. The molecule has 0 saturated heterocycles. The summed E-state index contributed by atoms with van der Waals surface area (Å²) >= 11 is 0. The molecule has 2 unspecified atom stereocenters. The third kappa shape index (κ3) is 1.84. The zero-order valence-corrected chi connectivity index (χ0v) is 9.56. The normalized spacial score (nSPS) is 25.2. The maximum Gasteiger partial charge on any atom is 0.183 e. The quantitative estimate of drug-likeness (QED) is 0.677. The van der Waals surface area contributed by atoms with Gasteiger partial charge < -0.3 is 16.5 Å². The molecular weight excluding hydrogens is 216 g/mol. The summed E-state index contributed by atoms with van der Waals surface area (Å²) in [6.07, 6.45) is 5.81. The van der Waals surface area contributed by atoms with Gasteiger partial charge in [0.1, 0.15) is 17.7 Å². The Hall–Kier alpha value is -1.69. The van der Waals surface area contributed by atoms with Gasteiger partial charge in [-0.15, -0.1) is 0 Å². The van der Waals surface area contributed by atoms with Gasteiger partial charge in [-0.05, 0) is 19.3 Å². The molecule has 0 aliphatic heterocycles. The SMILES string of the molecule is Nc1ncnc2nc(C3CCCC(N)C3)[nH]c12. The Balaban J connectivity index is 1.97. The Labute approximate surface area is 98.8 Å². The van der Waals surface area contributed by atoms with Crippen molar-refractivity contribution in [1.29, 1.82) is 0 Å². The van der Waals surface area contributed by atoms with Crippen molar-refractivity contribution >= 4 is 17.0 Å². The molecular formula is C11H16N6. The van der Waals surface area contributed by atoms with E-state index in [1.54, 1.807) is 0 Å². The van der Waals surface area contributed by atoms with E-state index in [1.807, 2.05) is 0 Å². The molecule has 5 N–H and O–H groups in total. The summed E-state index contributed by atoms with van der Waals surface area (Å²) in [6.45, 7) is 0. The second-order valence-corrected chi connectivity index (χ2v) is 4.70. The van der Waals surface area contributed by atoms with E-state index in [9.17, 15) is 0 Å². The molecule has 1 saturated carbocycles. The van der Waals surface area contributed by atoms with E-state index >= 15 is 0 Å². The molecule has 2 atom stereocenters. The van der Waals surface area contributed by atoms with Crippen molar-refractivity contribution in [2.24, 2.45) is 5.73 Å². The number of imidazole rings is 1. The molecule has 0 spiro atoms. The molecule has 2 heterocycles. The Bertz CT molecular complexity index is 534. The van der Waals surface area contributed by atoms with Gasteiger partial charge in [0.2, 0.25) is 0 Å². The van der Waals surface area contributed by atoms with Crippen LogP contribution in [0.25, 0.3) is 11.2 Å². The van der Waals surface area contributed by atoms with Crippen LogP contribution in [0, 0.1) is 0 Å². The minimum Gasteiger partial charge on any atom is -0.382 e. The fraction of sp³-hybridized carbons (Fsp3) is 0.545. The smallest absolute Gasteiger partial charge is 0.183 e. The van der Waals surface area contributed by atoms with Crippen LogP contribution in [0.5, 0.6) is 0 Å². The largest absolute Gasteiger partial charge is 0.382 e. The maximum absolute atomic E-state index is 5.99. The molecule has 17 heavy (non-hydrogen) atoms. The second kappa shape index (κ2) is 3.96. The number of H-pyrrole nitrogens is 1. The molecule has 6 nitrogen and oxygen atoms in total. The molecule has 6 heteroatoms. The number of nitrogen functional groups attached to an aromatic ring is 1. The third-order valence-electron chi connectivity index (χ3n) is 3.44. The molecule has 1 fully saturated rings. The van der Waals surface area contributed by atoms with E-state index in [0.717, 1.165) is 37.0 Å². The first-order valence-electron chi connectivity index (χ1n) is 5.95. The Kier molecular flexibility index (Phi) is 2.44. The third-order valence-corrected chi connectivity index (χ3v) is 3.44. The lowest BCUT2D eigenvalue weighted by atomic mass is 9.86. The molecule has 1 aliphatic carbocycles. The molecule has 3 rings (SSSR count). The van der Waals surface area contributed by atoms with Gasteiger partial charge in [0, 0.05) is 12.0 Å². The maximum atomic E-state index is 5.99. The van der Waals surface area contributed by atoms with Crippen LogP contribution in [0.1, 0.15) is 37.4 Å². The fourth-order valence-electron chi connectivity index (χ4n) is 2.53. The lowest BCUT2D eigenvalue weighted by Crippen LogP contribution is -2.27. The Morgan fingerprint density at radius 3 is 2.94 bits per heavy atom. The molecule has 2 aromatic heterocycles. The zero-order chi connectivity index (χ0) is 11.8. The number of nitrogens with zero attached hydrogens (tertiary/aromatic N) is 3. The molecule has 2 aromatic rings. The summed E-state index contributed by atoms with van der Waals surface area (Å²) in [7, 11) is 0. The van der Waals surface area contributed by atoms with Gasteiger partial charge in [0.25, 0.3) is 0 Å². The van der Waals surface area contributed by atoms with Crippen LogP contribution in [0.4, 0.5) is 5.82 Å². The Morgan fingerprint density at radius 2 is 2.18 bits per heavy atom. The van der Waals surface area contributed by atoms with Crippen molar-refractivity contribution in [3.63, 3.8) is 0 Å². The molecule has 0 aromatic carbocycles. The number of aromatic amines is 1. The summed E-state index contributed by atoms with van der Waals surface area (Å²) in [5.74, 6) is 1.79. The number of anilines is 1. The van der Waals surface area contributed by atoms with Crippen molar-refractivity contribution in [1.82, 2.24) is 19.9 Å². The van der Waals surface area contributed by atoms with Crippen molar-refractivity contribution in [2.75, 3.05) is 5.73 Å². The van der Waals surface area contributed by atoms with Crippen LogP contribution in [0.15, 0.2) is 6.33 Å². The van der Waals surface area contributed by atoms with Gasteiger partial charge >= 0.3 is 0 Å². The van der Waals surface area contributed by atoms with E-state index in [4.69, 9.17) is 11.5 Å². The van der Waals surface area contributed by atoms with Crippen molar-refractivity contribution < 1.29 is 0 Å². The van der Waals surface area contributed by atoms with Gasteiger partial charge in [-0.1, -0.05) is 6.42 Å². The summed E-state index contributed by atoms with van der Waals surface area (Å²) in [5, 5.41) is 0. The van der Waals surface area contributed by atoms with Crippen molar-refractivity contribution in [3.05, 3.63) is 12.2 Å². The van der Waals surface area contributed by atoms with Gasteiger partial charge in [-0.3, -0.25) is 0 Å². The molecule has 90 valence electrons. The molecule has 0 bridgehead atoms. The van der Waals surface area contributed by atoms with E-state index in [1.165, 1.54) is 6.33 Å². The average Bonchev–Trinajstić information content (AvgIpc) is 2.74. The highest BCUT2D eigenvalue weighted by Crippen LogP contribution is 2.31. The Morgan fingerprint density at radius 1 is 1.29 bits per heavy atom. The number of aromatic nitrogens is 4. The molecule has 0 amide bonds. The molecule has 0 radical (unpaired) electrons. The van der Waals surface area contributed by atoms with Gasteiger partial charge in [0.15, 0.2) is 11.5 Å². The van der Waals surface area contributed by atoms with Gasteiger partial charge in [-0.25, -0.2) is 15.0 Å². The van der Waals surface area contributed by atoms with E-state index in [-0.39, 0.29) is 6.04 Å². The number of nitrogens with two attached hydrogens (primary N) is 2. The van der Waals surface area contributed by atoms with E-state index in [2.05, 4.69) is 19.9 Å². The van der Waals surface area contributed by atoms with Crippen LogP contribution in [-0.4, -0.2) is 26.0 Å². The lowest BCUT2D eigenvalue weighted by Gasteiger charge is -2.24. The second-order valence-electron chi connectivity index (χ2n) is 4.70. The average molecular weight is 232 g/mol.